The molecule has 0 aliphatic heterocycles. The lowest BCUT2D eigenvalue weighted by Crippen LogP contribution is -2.14. The van der Waals surface area contributed by atoms with Crippen LogP contribution in [0.4, 0.5) is 5.69 Å². The van der Waals surface area contributed by atoms with Crippen LogP contribution in [-0.4, -0.2) is 23.0 Å². The zero-order chi connectivity index (χ0) is 24.4. The van der Waals surface area contributed by atoms with Crippen molar-refractivity contribution in [3.05, 3.63) is 93.5 Å². The third-order valence-corrected chi connectivity index (χ3v) is 5.84. The van der Waals surface area contributed by atoms with Crippen LogP contribution in [-0.2, 0) is 4.74 Å². The van der Waals surface area contributed by atoms with Gasteiger partial charge in [0.1, 0.15) is 0 Å². The number of halogens is 1. The number of amides is 1. The highest BCUT2D eigenvalue weighted by atomic mass is 79.9. The summed E-state index contributed by atoms with van der Waals surface area (Å²) in [5.41, 5.74) is 6.11. The number of ether oxygens (including phenoxy) is 1. The van der Waals surface area contributed by atoms with E-state index in [1.54, 1.807) is 38.1 Å². The summed E-state index contributed by atoms with van der Waals surface area (Å²) in [6.45, 7) is 7.62. The lowest BCUT2D eigenvalue weighted by Gasteiger charge is -2.13. The molecule has 0 spiro atoms. The second-order valence-electron chi connectivity index (χ2n) is 8.53. The molecule has 0 fully saturated rings. The molecule has 4 aromatic rings. The number of aryl methyl sites for hydroxylation is 2. The van der Waals surface area contributed by atoms with Crippen molar-refractivity contribution in [2.75, 3.05) is 5.32 Å². The Labute approximate surface area is 207 Å². The van der Waals surface area contributed by atoms with E-state index in [-0.39, 0.29) is 12.0 Å². The highest BCUT2D eigenvalue weighted by molar-refractivity contribution is 9.10. The number of nitrogens with zero attached hydrogens (tertiary/aromatic N) is 1. The molecule has 0 aliphatic carbocycles. The average molecular weight is 517 g/mol. The molecule has 3 aromatic carbocycles. The second-order valence-corrected chi connectivity index (χ2v) is 9.44. The summed E-state index contributed by atoms with van der Waals surface area (Å²) in [4.78, 5) is 30.4. The van der Waals surface area contributed by atoms with E-state index in [1.165, 1.54) is 0 Å². The molecular formula is C28H25BrN2O3. The van der Waals surface area contributed by atoms with Gasteiger partial charge in [0.15, 0.2) is 0 Å². The molecule has 6 heteroatoms. The highest BCUT2D eigenvalue weighted by Gasteiger charge is 2.17. The third kappa shape index (κ3) is 5.18. The Morgan fingerprint density at radius 2 is 1.62 bits per heavy atom. The van der Waals surface area contributed by atoms with Crippen LogP contribution in [0.3, 0.4) is 0 Å². The number of fused-ring (bicyclic) bond motifs is 1. The molecule has 0 saturated heterocycles. The molecule has 1 N–H and O–H groups in total. The number of hydrogen-bond acceptors (Lipinski definition) is 4. The van der Waals surface area contributed by atoms with Gasteiger partial charge in [0.05, 0.1) is 28.4 Å². The predicted octanol–water partition coefficient (Wildman–Crippen LogP) is 7.10. The van der Waals surface area contributed by atoms with Crippen LogP contribution < -0.4 is 5.32 Å². The maximum absolute atomic E-state index is 13.4. The highest BCUT2D eigenvalue weighted by Crippen LogP contribution is 2.30. The van der Waals surface area contributed by atoms with E-state index in [2.05, 4.69) is 21.2 Å². The molecule has 4 rings (SSSR count). The largest absolute Gasteiger partial charge is 0.459 e. The van der Waals surface area contributed by atoms with Gasteiger partial charge in [-0.05, 0) is 75.7 Å². The van der Waals surface area contributed by atoms with E-state index in [1.807, 2.05) is 56.3 Å². The summed E-state index contributed by atoms with van der Waals surface area (Å²) < 4.78 is 6.10. The van der Waals surface area contributed by atoms with Crippen molar-refractivity contribution in [3.63, 3.8) is 0 Å². The van der Waals surface area contributed by atoms with Crippen LogP contribution in [0.5, 0.6) is 0 Å². The number of carbonyl (C=O) groups is 2. The first kappa shape index (κ1) is 23.6. The molecule has 0 unspecified atom stereocenters. The molecule has 0 atom stereocenters. The van der Waals surface area contributed by atoms with Crippen molar-refractivity contribution >= 4 is 44.4 Å². The Kier molecular flexibility index (Phi) is 6.80. The summed E-state index contributed by atoms with van der Waals surface area (Å²) in [6, 6.07) is 20.5. The third-order valence-electron chi connectivity index (χ3n) is 5.38. The molecule has 0 bridgehead atoms. The molecule has 5 nitrogen and oxygen atoms in total. The van der Waals surface area contributed by atoms with Gasteiger partial charge in [0.2, 0.25) is 0 Å². The van der Waals surface area contributed by atoms with Gasteiger partial charge >= 0.3 is 5.97 Å². The number of anilines is 1. The zero-order valence-corrected chi connectivity index (χ0v) is 21.1. The molecule has 34 heavy (non-hydrogen) atoms. The van der Waals surface area contributed by atoms with Gasteiger partial charge in [0, 0.05) is 21.1 Å². The molecule has 1 aromatic heterocycles. The number of hydrogen-bond donors (Lipinski definition) is 1. The fourth-order valence-corrected chi connectivity index (χ4v) is 4.26. The summed E-state index contributed by atoms with van der Waals surface area (Å²) in [5, 5.41) is 3.71. The van der Waals surface area contributed by atoms with Crippen LogP contribution in [0.1, 0.15) is 45.7 Å². The Balaban J connectivity index is 1.71. The average Bonchev–Trinajstić information content (AvgIpc) is 2.79. The Hall–Kier alpha value is -3.51. The maximum Gasteiger partial charge on any atom is 0.338 e. The van der Waals surface area contributed by atoms with Gasteiger partial charge < -0.3 is 10.1 Å². The van der Waals surface area contributed by atoms with Crippen LogP contribution >= 0.6 is 15.9 Å². The van der Waals surface area contributed by atoms with Gasteiger partial charge in [0.25, 0.3) is 5.91 Å². The smallest absolute Gasteiger partial charge is 0.338 e. The first-order chi connectivity index (χ1) is 16.2. The maximum atomic E-state index is 13.4. The van der Waals surface area contributed by atoms with Crippen molar-refractivity contribution in [2.45, 2.75) is 33.8 Å². The van der Waals surface area contributed by atoms with Crippen LogP contribution in [0.15, 0.2) is 71.2 Å². The number of aromatic nitrogens is 1. The SMILES string of the molecule is Cc1ccc(-c2cc(C(=O)Nc3ccc(C(=O)OC(C)C)cc3)c3cc(Br)cc(C)c3n2)cc1. The van der Waals surface area contributed by atoms with Crippen LogP contribution in [0.25, 0.3) is 22.2 Å². The van der Waals surface area contributed by atoms with Crippen LogP contribution in [0.2, 0.25) is 0 Å². The van der Waals surface area contributed by atoms with Gasteiger partial charge in [-0.1, -0.05) is 45.8 Å². The summed E-state index contributed by atoms with van der Waals surface area (Å²) in [6.07, 6.45) is -0.197. The first-order valence-corrected chi connectivity index (χ1v) is 11.8. The number of nitrogens with one attached hydrogen (secondary N) is 1. The molecule has 0 radical (unpaired) electrons. The summed E-state index contributed by atoms with van der Waals surface area (Å²) in [5.74, 6) is -0.646. The molecule has 1 heterocycles. The number of carbonyl (C=O) groups excluding carboxylic acids is 2. The van der Waals surface area contributed by atoms with E-state index in [0.717, 1.165) is 37.8 Å². The van der Waals surface area contributed by atoms with Gasteiger partial charge in [-0.15, -0.1) is 0 Å². The number of pyridine rings is 1. The number of benzene rings is 3. The monoisotopic (exact) mass is 516 g/mol. The minimum absolute atomic E-state index is 0.197. The number of esters is 1. The normalized spacial score (nSPS) is 11.0. The Morgan fingerprint density at radius 3 is 2.26 bits per heavy atom. The lowest BCUT2D eigenvalue weighted by molar-refractivity contribution is 0.0378. The molecule has 0 saturated carbocycles. The van der Waals surface area contributed by atoms with E-state index >= 15 is 0 Å². The van der Waals surface area contributed by atoms with E-state index in [0.29, 0.717) is 16.8 Å². The van der Waals surface area contributed by atoms with E-state index in [9.17, 15) is 9.59 Å². The van der Waals surface area contributed by atoms with Crippen molar-refractivity contribution < 1.29 is 14.3 Å². The molecule has 0 aliphatic rings. The Morgan fingerprint density at radius 1 is 0.941 bits per heavy atom. The first-order valence-electron chi connectivity index (χ1n) is 11.0. The minimum atomic E-state index is -0.393. The standard InChI is InChI=1S/C28H25BrN2O3/c1-16(2)34-28(33)20-9-11-22(12-10-20)30-27(32)24-15-25(19-7-5-17(3)6-8-19)31-26-18(4)13-21(29)14-23(24)26/h5-16H,1-4H3,(H,30,32). The molecule has 172 valence electrons. The fraction of sp³-hybridized carbons (Fsp3) is 0.179. The van der Waals surface area contributed by atoms with Gasteiger partial charge in [-0.2, -0.15) is 0 Å². The zero-order valence-electron chi connectivity index (χ0n) is 19.5. The lowest BCUT2D eigenvalue weighted by atomic mass is 10.0. The van der Waals surface area contributed by atoms with Crippen molar-refractivity contribution in [3.8, 4) is 11.3 Å². The topological polar surface area (TPSA) is 68.3 Å². The molecular weight excluding hydrogens is 492 g/mol. The van der Waals surface area contributed by atoms with E-state index in [4.69, 9.17) is 9.72 Å². The van der Waals surface area contributed by atoms with Crippen molar-refractivity contribution in [1.82, 2.24) is 4.98 Å². The molecule has 1 amide bonds. The summed E-state index contributed by atoms with van der Waals surface area (Å²) in [7, 11) is 0. The van der Waals surface area contributed by atoms with Crippen molar-refractivity contribution in [2.24, 2.45) is 0 Å². The Bertz CT molecular complexity index is 1380. The van der Waals surface area contributed by atoms with E-state index < -0.39 is 5.97 Å². The number of rotatable bonds is 5. The predicted molar refractivity (Wildman–Crippen MR) is 139 cm³/mol. The van der Waals surface area contributed by atoms with Crippen LogP contribution in [0, 0.1) is 13.8 Å². The quantitative estimate of drug-likeness (QED) is 0.287. The fourth-order valence-electron chi connectivity index (χ4n) is 3.69. The second kappa shape index (κ2) is 9.77. The van der Waals surface area contributed by atoms with Gasteiger partial charge in [-0.25, -0.2) is 9.78 Å². The summed E-state index contributed by atoms with van der Waals surface area (Å²) >= 11 is 3.54. The van der Waals surface area contributed by atoms with Gasteiger partial charge in [-0.3, -0.25) is 4.79 Å². The minimum Gasteiger partial charge on any atom is -0.459 e. The van der Waals surface area contributed by atoms with Crippen molar-refractivity contribution in [1.29, 1.82) is 0 Å².